The van der Waals surface area contributed by atoms with E-state index in [4.69, 9.17) is 5.21 Å². The maximum absolute atomic E-state index is 11.3. The smallest absolute Gasteiger partial charge is 0.290 e. The van der Waals surface area contributed by atoms with Crippen molar-refractivity contribution in [2.75, 3.05) is 5.48 Å². The largest absolute Gasteiger partial charge is 0.291 e. The zero-order chi connectivity index (χ0) is 11.5. The first-order chi connectivity index (χ1) is 7.69. The van der Waals surface area contributed by atoms with Gasteiger partial charge in [-0.1, -0.05) is 12.1 Å². The van der Waals surface area contributed by atoms with Crippen molar-refractivity contribution >= 4 is 34.7 Å². The molecule has 0 unspecified atom stereocenters. The van der Waals surface area contributed by atoms with E-state index in [9.17, 15) is 9.59 Å². The minimum Gasteiger partial charge on any atom is -0.291 e. The summed E-state index contributed by atoms with van der Waals surface area (Å²) in [7, 11) is 0. The molecule has 2 rings (SSSR count). The molecule has 0 radical (unpaired) electrons. The molecule has 0 bridgehead atoms. The quantitative estimate of drug-likeness (QED) is 0.539. The van der Waals surface area contributed by atoms with E-state index >= 15 is 0 Å². The first-order valence-corrected chi connectivity index (χ1v) is 5.26. The first-order valence-electron chi connectivity index (χ1n) is 4.44. The molecule has 1 aliphatic rings. The van der Waals surface area contributed by atoms with Gasteiger partial charge in [-0.15, -0.1) is 0 Å². The molecule has 2 amide bonds. The Morgan fingerprint density at radius 3 is 2.81 bits per heavy atom. The van der Waals surface area contributed by atoms with E-state index in [0.29, 0.717) is 10.6 Å². The summed E-state index contributed by atoms with van der Waals surface area (Å²) in [6, 6.07) is 6.83. The number of thioether (sulfide) groups is 1. The lowest BCUT2D eigenvalue weighted by Gasteiger charge is -1.99. The standard InChI is InChI=1S/C10H8N2O3S/c13-9-8(16-10(14)11-9)5-6-2-1-3-7(4-6)12-15/h1-5,12,15H,(H,11,13,14)/b8-5-. The lowest BCUT2D eigenvalue weighted by atomic mass is 10.2. The second-order valence-corrected chi connectivity index (χ2v) is 4.10. The Kier molecular flexibility index (Phi) is 2.93. The third kappa shape index (κ3) is 2.23. The van der Waals surface area contributed by atoms with Gasteiger partial charge in [-0.3, -0.25) is 25.6 Å². The molecular formula is C10H8N2O3S. The normalized spacial score (nSPS) is 17.7. The van der Waals surface area contributed by atoms with Crippen LogP contribution in [-0.2, 0) is 4.79 Å². The van der Waals surface area contributed by atoms with E-state index in [1.54, 1.807) is 30.3 Å². The van der Waals surface area contributed by atoms with Crippen molar-refractivity contribution < 1.29 is 14.8 Å². The lowest BCUT2D eigenvalue weighted by molar-refractivity contribution is -0.115. The highest BCUT2D eigenvalue weighted by molar-refractivity contribution is 8.18. The highest BCUT2D eigenvalue weighted by atomic mass is 32.2. The summed E-state index contributed by atoms with van der Waals surface area (Å²) in [5.41, 5.74) is 3.25. The number of carbonyl (C=O) groups excluding carboxylic acids is 2. The van der Waals surface area contributed by atoms with Gasteiger partial charge in [0.2, 0.25) is 0 Å². The van der Waals surface area contributed by atoms with Gasteiger partial charge in [0.25, 0.3) is 11.1 Å². The summed E-state index contributed by atoms with van der Waals surface area (Å²) in [6.07, 6.45) is 1.59. The van der Waals surface area contributed by atoms with E-state index < -0.39 is 5.91 Å². The van der Waals surface area contributed by atoms with Crippen LogP contribution in [0.25, 0.3) is 6.08 Å². The molecule has 1 saturated heterocycles. The van der Waals surface area contributed by atoms with E-state index in [2.05, 4.69) is 5.32 Å². The van der Waals surface area contributed by atoms with Crippen LogP contribution in [0.1, 0.15) is 5.56 Å². The molecule has 0 spiro atoms. The molecule has 1 fully saturated rings. The molecule has 1 aromatic rings. The van der Waals surface area contributed by atoms with Gasteiger partial charge in [-0.05, 0) is 35.5 Å². The maximum atomic E-state index is 11.3. The molecule has 3 N–H and O–H groups in total. The van der Waals surface area contributed by atoms with Crippen LogP contribution in [-0.4, -0.2) is 16.4 Å². The number of benzene rings is 1. The van der Waals surface area contributed by atoms with Crippen molar-refractivity contribution in [3.8, 4) is 0 Å². The molecule has 6 heteroatoms. The van der Waals surface area contributed by atoms with Crippen LogP contribution in [0.4, 0.5) is 10.5 Å². The van der Waals surface area contributed by atoms with Crippen LogP contribution in [0.2, 0.25) is 0 Å². The first kappa shape index (κ1) is 10.7. The Labute approximate surface area is 95.5 Å². The fraction of sp³-hybridized carbons (Fsp3) is 0. The minimum absolute atomic E-state index is 0.347. The summed E-state index contributed by atoms with van der Waals surface area (Å²) in [5.74, 6) is -0.391. The number of rotatable bonds is 2. The third-order valence-corrected chi connectivity index (χ3v) is 2.77. The van der Waals surface area contributed by atoms with Crippen LogP contribution >= 0.6 is 11.8 Å². The van der Waals surface area contributed by atoms with Crippen LogP contribution < -0.4 is 10.8 Å². The summed E-state index contributed by atoms with van der Waals surface area (Å²) in [4.78, 5) is 22.5. The Morgan fingerprint density at radius 2 is 2.19 bits per heavy atom. The van der Waals surface area contributed by atoms with Gasteiger partial charge in [-0.2, -0.15) is 0 Å². The molecule has 5 nitrogen and oxygen atoms in total. The number of imide groups is 1. The Balaban J connectivity index is 2.28. The van der Waals surface area contributed by atoms with Crippen LogP contribution in [0.5, 0.6) is 0 Å². The highest BCUT2D eigenvalue weighted by Gasteiger charge is 2.24. The van der Waals surface area contributed by atoms with Gasteiger partial charge in [0.1, 0.15) is 0 Å². The van der Waals surface area contributed by atoms with Gasteiger partial charge in [-0.25, -0.2) is 0 Å². The second-order valence-electron chi connectivity index (χ2n) is 3.09. The SMILES string of the molecule is O=C1NC(=O)/C(=C/c2cccc(NO)c2)S1. The van der Waals surface area contributed by atoms with Crippen LogP contribution in [0.15, 0.2) is 29.2 Å². The lowest BCUT2D eigenvalue weighted by Crippen LogP contribution is -2.17. The second kappa shape index (κ2) is 4.38. The fourth-order valence-electron chi connectivity index (χ4n) is 1.27. The number of nitrogens with one attached hydrogen (secondary N) is 2. The number of hydrogen-bond acceptors (Lipinski definition) is 5. The van der Waals surface area contributed by atoms with Crippen molar-refractivity contribution in [1.82, 2.24) is 5.32 Å². The van der Waals surface area contributed by atoms with Gasteiger partial charge < -0.3 is 0 Å². The van der Waals surface area contributed by atoms with Crippen molar-refractivity contribution in [1.29, 1.82) is 0 Å². The number of amides is 2. The molecule has 1 aromatic carbocycles. The average Bonchev–Trinajstić information content (AvgIpc) is 2.58. The molecule has 82 valence electrons. The summed E-state index contributed by atoms with van der Waals surface area (Å²) < 4.78 is 0. The van der Waals surface area contributed by atoms with Crippen molar-refractivity contribution in [2.45, 2.75) is 0 Å². The van der Waals surface area contributed by atoms with E-state index in [-0.39, 0.29) is 5.24 Å². The maximum Gasteiger partial charge on any atom is 0.290 e. The molecule has 16 heavy (non-hydrogen) atoms. The third-order valence-electron chi connectivity index (χ3n) is 1.96. The molecule has 0 aromatic heterocycles. The van der Waals surface area contributed by atoms with Gasteiger partial charge in [0, 0.05) is 0 Å². The van der Waals surface area contributed by atoms with E-state index in [1.807, 2.05) is 5.48 Å². The average molecular weight is 236 g/mol. The van der Waals surface area contributed by atoms with E-state index in [1.165, 1.54) is 0 Å². The van der Waals surface area contributed by atoms with Crippen LogP contribution in [0, 0.1) is 0 Å². The molecule has 0 atom stereocenters. The summed E-state index contributed by atoms with van der Waals surface area (Å²) in [6.45, 7) is 0. The van der Waals surface area contributed by atoms with Crippen molar-refractivity contribution in [3.05, 3.63) is 34.7 Å². The topological polar surface area (TPSA) is 78.4 Å². The number of carbonyl (C=O) groups is 2. The molecular weight excluding hydrogens is 228 g/mol. The molecule has 1 heterocycles. The van der Waals surface area contributed by atoms with Gasteiger partial charge in [0.15, 0.2) is 0 Å². The monoisotopic (exact) mass is 236 g/mol. The van der Waals surface area contributed by atoms with Crippen molar-refractivity contribution in [2.24, 2.45) is 0 Å². The highest BCUT2D eigenvalue weighted by Crippen LogP contribution is 2.26. The fourth-order valence-corrected chi connectivity index (χ4v) is 1.95. The predicted octanol–water partition coefficient (Wildman–Crippen LogP) is 1.81. The zero-order valence-electron chi connectivity index (χ0n) is 8.06. The summed E-state index contributed by atoms with van der Waals surface area (Å²) >= 11 is 0.861. The molecule has 1 aliphatic heterocycles. The Hall–Kier alpha value is -1.79. The molecule has 0 aliphatic carbocycles. The Bertz CT molecular complexity index is 485. The van der Waals surface area contributed by atoms with Gasteiger partial charge >= 0.3 is 0 Å². The van der Waals surface area contributed by atoms with Crippen molar-refractivity contribution in [3.63, 3.8) is 0 Å². The predicted molar refractivity (Wildman–Crippen MR) is 61.0 cm³/mol. The summed E-state index contributed by atoms with van der Waals surface area (Å²) in [5, 5.41) is 10.5. The van der Waals surface area contributed by atoms with Crippen LogP contribution in [0.3, 0.4) is 0 Å². The zero-order valence-corrected chi connectivity index (χ0v) is 8.88. The number of hydrogen-bond donors (Lipinski definition) is 3. The Morgan fingerprint density at radius 1 is 1.38 bits per heavy atom. The minimum atomic E-state index is -0.391. The van der Waals surface area contributed by atoms with E-state index in [0.717, 1.165) is 17.3 Å². The number of anilines is 1. The molecule has 0 saturated carbocycles. The van der Waals surface area contributed by atoms with Gasteiger partial charge in [0.05, 0.1) is 10.6 Å².